The highest BCUT2D eigenvalue weighted by atomic mass is 127. The molecular formula is C20H25IN6. The second kappa shape index (κ2) is 10.1. The summed E-state index contributed by atoms with van der Waals surface area (Å²) in [5.41, 5.74) is 10.7. The number of anilines is 1. The molecule has 0 saturated heterocycles. The number of para-hydroxylation sites is 1. The van der Waals surface area contributed by atoms with E-state index in [4.69, 9.17) is 5.73 Å². The lowest BCUT2D eigenvalue weighted by Gasteiger charge is -2.14. The zero-order chi connectivity index (χ0) is 18.4. The number of aromatic nitrogens is 3. The number of rotatable bonds is 6. The van der Waals surface area contributed by atoms with Gasteiger partial charge in [-0.15, -0.1) is 24.0 Å². The van der Waals surface area contributed by atoms with Gasteiger partial charge < -0.3 is 11.1 Å². The largest absolute Gasteiger partial charge is 0.370 e. The average Bonchev–Trinajstić information content (AvgIpc) is 3.21. The van der Waals surface area contributed by atoms with Crippen molar-refractivity contribution in [2.45, 2.75) is 33.2 Å². The Hall–Kier alpha value is -2.42. The fourth-order valence-corrected chi connectivity index (χ4v) is 2.80. The second-order valence-electron chi connectivity index (χ2n) is 5.98. The summed E-state index contributed by atoms with van der Waals surface area (Å²) in [7, 11) is 0. The molecule has 142 valence electrons. The number of pyridine rings is 1. The maximum absolute atomic E-state index is 6.11. The van der Waals surface area contributed by atoms with Crippen molar-refractivity contribution in [3.63, 3.8) is 0 Å². The lowest BCUT2D eigenvalue weighted by Crippen LogP contribution is -2.24. The smallest absolute Gasteiger partial charge is 0.193 e. The van der Waals surface area contributed by atoms with Crippen LogP contribution < -0.4 is 11.1 Å². The molecule has 0 radical (unpaired) electrons. The first-order chi connectivity index (χ1) is 12.7. The van der Waals surface area contributed by atoms with Crippen molar-refractivity contribution in [2.24, 2.45) is 10.7 Å². The molecule has 3 rings (SSSR count). The molecule has 0 aliphatic carbocycles. The lowest BCUT2D eigenvalue weighted by atomic mass is 10.0. The van der Waals surface area contributed by atoms with Crippen LogP contribution in [0.25, 0.3) is 5.82 Å². The van der Waals surface area contributed by atoms with E-state index in [9.17, 15) is 0 Å². The van der Waals surface area contributed by atoms with Gasteiger partial charge in [0, 0.05) is 24.3 Å². The third kappa shape index (κ3) is 5.29. The molecule has 3 aromatic rings. The number of nitrogens with zero attached hydrogens (tertiary/aromatic N) is 4. The SMILES string of the molecule is CCc1cccc(CC)c1NC(N)=NCc1ccc(-n2ccnc2)nc1.I. The van der Waals surface area contributed by atoms with Crippen molar-refractivity contribution < 1.29 is 0 Å². The number of aliphatic imine (C=N–C) groups is 1. The maximum Gasteiger partial charge on any atom is 0.193 e. The van der Waals surface area contributed by atoms with Gasteiger partial charge in [0.2, 0.25) is 0 Å². The van der Waals surface area contributed by atoms with Crippen LogP contribution >= 0.6 is 24.0 Å². The van der Waals surface area contributed by atoms with Crippen LogP contribution in [-0.4, -0.2) is 20.5 Å². The Labute approximate surface area is 177 Å². The van der Waals surface area contributed by atoms with Crippen molar-refractivity contribution in [2.75, 3.05) is 5.32 Å². The molecule has 3 N–H and O–H groups in total. The minimum atomic E-state index is 0. The van der Waals surface area contributed by atoms with Gasteiger partial charge in [-0.25, -0.2) is 15.0 Å². The number of halogens is 1. The van der Waals surface area contributed by atoms with Gasteiger partial charge in [0.1, 0.15) is 12.1 Å². The van der Waals surface area contributed by atoms with Gasteiger partial charge in [-0.1, -0.05) is 38.1 Å². The first-order valence-corrected chi connectivity index (χ1v) is 8.82. The number of aryl methyl sites for hydroxylation is 2. The third-order valence-electron chi connectivity index (χ3n) is 4.26. The summed E-state index contributed by atoms with van der Waals surface area (Å²) < 4.78 is 1.86. The molecular weight excluding hydrogens is 451 g/mol. The van der Waals surface area contributed by atoms with Crippen molar-refractivity contribution in [1.82, 2.24) is 14.5 Å². The van der Waals surface area contributed by atoms with Gasteiger partial charge in [0.05, 0.1) is 6.54 Å². The number of hydrogen-bond donors (Lipinski definition) is 2. The molecule has 2 aromatic heterocycles. The van der Waals surface area contributed by atoms with Gasteiger partial charge in [0.25, 0.3) is 0 Å². The standard InChI is InChI=1S/C20H24N6.HI/c1-3-16-6-5-7-17(4-2)19(16)25-20(21)24-13-15-8-9-18(23-12-15)26-11-10-22-14-26;/h5-12,14H,3-4,13H2,1-2H3,(H3,21,24,25);1H. The Bertz CT molecular complexity index is 850. The number of nitrogens with one attached hydrogen (secondary N) is 1. The van der Waals surface area contributed by atoms with Crippen molar-refractivity contribution >= 4 is 35.6 Å². The summed E-state index contributed by atoms with van der Waals surface area (Å²) in [6.45, 7) is 4.76. The number of guanidine groups is 1. The zero-order valence-corrected chi connectivity index (χ0v) is 17.9. The minimum absolute atomic E-state index is 0. The number of benzene rings is 1. The van der Waals surface area contributed by atoms with Crippen LogP contribution in [0.4, 0.5) is 5.69 Å². The van der Waals surface area contributed by atoms with E-state index in [1.807, 2.05) is 29.1 Å². The molecule has 0 bridgehead atoms. The van der Waals surface area contributed by atoms with Crippen LogP contribution in [0.2, 0.25) is 0 Å². The molecule has 2 heterocycles. The summed E-state index contributed by atoms with van der Waals surface area (Å²) in [5.74, 6) is 1.24. The quantitative estimate of drug-likeness (QED) is 0.321. The minimum Gasteiger partial charge on any atom is -0.370 e. The van der Waals surface area contributed by atoms with Gasteiger partial charge in [-0.05, 0) is 35.6 Å². The predicted octanol–water partition coefficient (Wildman–Crippen LogP) is 3.94. The van der Waals surface area contributed by atoms with E-state index in [0.29, 0.717) is 12.5 Å². The Balaban J connectivity index is 0.00000261. The fraction of sp³-hybridized carbons (Fsp3) is 0.250. The molecule has 0 unspecified atom stereocenters. The van der Waals surface area contributed by atoms with Gasteiger partial charge in [0.15, 0.2) is 5.96 Å². The molecule has 6 nitrogen and oxygen atoms in total. The van der Waals surface area contributed by atoms with Gasteiger partial charge in [-0.2, -0.15) is 0 Å². The van der Waals surface area contributed by atoms with E-state index in [0.717, 1.165) is 29.9 Å². The van der Waals surface area contributed by atoms with Crippen molar-refractivity contribution in [3.8, 4) is 5.82 Å². The predicted molar refractivity (Wildman–Crippen MR) is 121 cm³/mol. The van der Waals surface area contributed by atoms with Gasteiger partial charge in [-0.3, -0.25) is 4.57 Å². The lowest BCUT2D eigenvalue weighted by molar-refractivity contribution is 0.967. The van der Waals surface area contributed by atoms with E-state index in [-0.39, 0.29) is 24.0 Å². The molecule has 7 heteroatoms. The summed E-state index contributed by atoms with van der Waals surface area (Å²) in [5, 5.41) is 3.28. The van der Waals surface area contributed by atoms with E-state index in [1.165, 1.54) is 11.1 Å². The van der Waals surface area contributed by atoms with Crippen molar-refractivity contribution in [1.29, 1.82) is 0 Å². The van der Waals surface area contributed by atoms with E-state index >= 15 is 0 Å². The van der Waals surface area contributed by atoms with Crippen LogP contribution in [0, 0.1) is 0 Å². The Morgan fingerprint density at radius 2 is 1.89 bits per heavy atom. The number of hydrogen-bond acceptors (Lipinski definition) is 3. The Morgan fingerprint density at radius 1 is 1.15 bits per heavy atom. The van der Waals surface area contributed by atoms with Crippen LogP contribution in [0.1, 0.15) is 30.5 Å². The Kier molecular flexibility index (Phi) is 7.78. The van der Waals surface area contributed by atoms with Crippen molar-refractivity contribution in [3.05, 3.63) is 71.9 Å². The molecule has 1 aromatic carbocycles. The second-order valence-corrected chi connectivity index (χ2v) is 5.98. The monoisotopic (exact) mass is 476 g/mol. The fourth-order valence-electron chi connectivity index (χ4n) is 2.80. The number of nitrogens with two attached hydrogens (primary N) is 1. The normalized spacial score (nSPS) is 11.1. The number of imidazole rings is 1. The van der Waals surface area contributed by atoms with Gasteiger partial charge >= 0.3 is 0 Å². The van der Waals surface area contributed by atoms with E-state index in [1.54, 1.807) is 12.5 Å². The zero-order valence-electron chi connectivity index (χ0n) is 15.6. The summed E-state index contributed by atoms with van der Waals surface area (Å²) in [4.78, 5) is 12.9. The van der Waals surface area contributed by atoms with E-state index < -0.39 is 0 Å². The average molecular weight is 476 g/mol. The van der Waals surface area contributed by atoms with Crippen LogP contribution in [0.3, 0.4) is 0 Å². The summed E-state index contributed by atoms with van der Waals surface area (Å²) in [6.07, 6.45) is 9.01. The molecule has 0 atom stereocenters. The summed E-state index contributed by atoms with van der Waals surface area (Å²) >= 11 is 0. The van der Waals surface area contributed by atoms with Crippen LogP contribution in [0.5, 0.6) is 0 Å². The first-order valence-electron chi connectivity index (χ1n) is 8.82. The molecule has 0 amide bonds. The molecule has 0 spiro atoms. The Morgan fingerprint density at radius 3 is 2.44 bits per heavy atom. The third-order valence-corrected chi connectivity index (χ3v) is 4.26. The maximum atomic E-state index is 6.11. The highest BCUT2D eigenvalue weighted by Gasteiger charge is 2.07. The molecule has 0 saturated carbocycles. The molecule has 0 aliphatic heterocycles. The topological polar surface area (TPSA) is 81.1 Å². The van der Waals surface area contributed by atoms with Crippen LogP contribution in [0.15, 0.2) is 60.2 Å². The van der Waals surface area contributed by atoms with E-state index in [2.05, 4.69) is 52.3 Å². The highest BCUT2D eigenvalue weighted by Crippen LogP contribution is 2.22. The summed E-state index contributed by atoms with van der Waals surface area (Å²) in [6, 6.07) is 10.3. The first kappa shape index (κ1) is 20.9. The molecule has 0 aliphatic rings. The molecule has 27 heavy (non-hydrogen) atoms. The molecule has 0 fully saturated rings. The highest BCUT2D eigenvalue weighted by molar-refractivity contribution is 14.0. The van der Waals surface area contributed by atoms with Crippen LogP contribution in [-0.2, 0) is 19.4 Å².